The lowest BCUT2D eigenvalue weighted by Gasteiger charge is -2.15. The van der Waals surface area contributed by atoms with Crippen molar-refractivity contribution in [3.63, 3.8) is 0 Å². The second-order valence-electron chi connectivity index (χ2n) is 6.25. The van der Waals surface area contributed by atoms with E-state index >= 15 is 0 Å². The molecule has 138 valence electrons. The van der Waals surface area contributed by atoms with E-state index in [9.17, 15) is 0 Å². The lowest BCUT2D eigenvalue weighted by atomic mass is 10.1. The first-order chi connectivity index (χ1) is 13.3. The van der Waals surface area contributed by atoms with Gasteiger partial charge in [-0.05, 0) is 23.6 Å². The lowest BCUT2D eigenvalue weighted by Crippen LogP contribution is -2.37. The Balaban J connectivity index is 1.76. The van der Waals surface area contributed by atoms with E-state index in [4.69, 9.17) is 5.10 Å². The zero-order valence-corrected chi connectivity index (χ0v) is 16.2. The second kappa shape index (κ2) is 7.85. The van der Waals surface area contributed by atoms with Crippen LogP contribution in [-0.4, -0.2) is 27.7 Å². The number of nitrogens with one attached hydrogen (secondary N) is 2. The van der Waals surface area contributed by atoms with Crippen LogP contribution in [-0.2, 0) is 12.2 Å². The molecule has 0 fully saturated rings. The number of aromatic nitrogens is 2. The third-order valence-corrected chi connectivity index (χ3v) is 5.63. The first-order valence-electron chi connectivity index (χ1n) is 8.93. The summed E-state index contributed by atoms with van der Waals surface area (Å²) in [5.74, 6) is 1.69. The molecule has 0 atom stereocenters. The molecule has 0 saturated heterocycles. The maximum absolute atomic E-state index is 4.72. The van der Waals surface area contributed by atoms with Crippen LogP contribution in [0.4, 0.5) is 0 Å². The van der Waals surface area contributed by atoms with Crippen molar-refractivity contribution in [2.24, 2.45) is 5.10 Å². The van der Waals surface area contributed by atoms with Gasteiger partial charge in [-0.25, -0.2) is 10.2 Å². The van der Waals surface area contributed by atoms with Crippen molar-refractivity contribution in [2.45, 2.75) is 24.1 Å². The van der Waals surface area contributed by atoms with Crippen molar-refractivity contribution < 1.29 is 0 Å². The summed E-state index contributed by atoms with van der Waals surface area (Å²) < 4.78 is 2.04. The Labute approximate surface area is 163 Å². The summed E-state index contributed by atoms with van der Waals surface area (Å²) in [6.45, 7) is 2.17. The smallest absolute Gasteiger partial charge is 0.177 e. The van der Waals surface area contributed by atoms with Gasteiger partial charge in [0.2, 0.25) is 0 Å². The van der Waals surface area contributed by atoms with Gasteiger partial charge in [0.25, 0.3) is 0 Å². The zero-order valence-electron chi connectivity index (χ0n) is 15.4. The van der Waals surface area contributed by atoms with Gasteiger partial charge in [0.15, 0.2) is 5.84 Å². The van der Waals surface area contributed by atoms with Crippen molar-refractivity contribution in [1.82, 2.24) is 25.9 Å². The molecule has 0 spiro atoms. The third-order valence-electron chi connectivity index (χ3n) is 4.48. The van der Waals surface area contributed by atoms with Crippen LogP contribution in [0, 0.1) is 0 Å². The predicted molar refractivity (Wildman–Crippen MR) is 110 cm³/mol. The molecule has 0 radical (unpaired) electrons. The van der Waals surface area contributed by atoms with Crippen LogP contribution in [0.2, 0.25) is 0 Å². The molecular formula is C20H22N6S. The van der Waals surface area contributed by atoms with Crippen LogP contribution < -0.4 is 11.1 Å². The van der Waals surface area contributed by atoms with Crippen molar-refractivity contribution in [3.8, 4) is 5.69 Å². The first kappa shape index (κ1) is 17.6. The van der Waals surface area contributed by atoms with Gasteiger partial charge in [0, 0.05) is 12.8 Å². The quantitative estimate of drug-likeness (QED) is 0.644. The molecule has 1 aliphatic rings. The van der Waals surface area contributed by atoms with Crippen LogP contribution in [0.1, 0.15) is 23.6 Å². The van der Waals surface area contributed by atoms with Crippen LogP contribution in [0.5, 0.6) is 0 Å². The number of thioether (sulfide) groups is 1. The molecule has 4 rings (SSSR count). The molecule has 0 unspecified atom stereocenters. The fraction of sp³-hybridized carbons (Fsp3) is 0.200. The Morgan fingerprint density at radius 3 is 2.56 bits per heavy atom. The van der Waals surface area contributed by atoms with Crippen molar-refractivity contribution in [2.75, 3.05) is 7.05 Å². The molecule has 0 saturated carbocycles. The third kappa shape index (κ3) is 3.56. The highest BCUT2D eigenvalue weighted by atomic mass is 32.2. The highest BCUT2D eigenvalue weighted by molar-refractivity contribution is 7.98. The van der Waals surface area contributed by atoms with E-state index < -0.39 is 0 Å². The SMILES string of the molecule is CCc1ccccc1-n1ncc(C2=NNNN2C)c1SCc1ccccc1. The van der Waals surface area contributed by atoms with E-state index in [1.165, 1.54) is 11.1 Å². The van der Waals surface area contributed by atoms with Crippen LogP contribution in [0.25, 0.3) is 5.69 Å². The van der Waals surface area contributed by atoms with Gasteiger partial charge in [0.1, 0.15) is 5.03 Å². The summed E-state index contributed by atoms with van der Waals surface area (Å²) >= 11 is 1.77. The molecule has 1 aromatic heterocycles. The lowest BCUT2D eigenvalue weighted by molar-refractivity contribution is 0.348. The molecule has 6 nitrogen and oxygen atoms in total. The summed E-state index contributed by atoms with van der Waals surface area (Å²) in [5, 5.41) is 12.0. The maximum atomic E-state index is 4.72. The van der Waals surface area contributed by atoms with E-state index in [1.54, 1.807) is 11.8 Å². The molecule has 2 aromatic carbocycles. The van der Waals surface area contributed by atoms with E-state index in [2.05, 4.69) is 71.6 Å². The molecular weight excluding hydrogens is 356 g/mol. The average Bonchev–Trinajstić information content (AvgIpc) is 3.32. The Kier molecular flexibility index (Phi) is 5.13. The van der Waals surface area contributed by atoms with Gasteiger partial charge >= 0.3 is 0 Å². The second-order valence-corrected chi connectivity index (χ2v) is 7.21. The van der Waals surface area contributed by atoms with E-state index in [0.29, 0.717) is 0 Å². The van der Waals surface area contributed by atoms with Crippen molar-refractivity contribution >= 4 is 17.6 Å². The number of para-hydroxylation sites is 1. The standard InChI is InChI=1S/C20H22N6S/c1-3-16-11-7-8-12-18(16)26-20(27-14-15-9-5-4-6-10-15)17(13-21-26)19-22-23-24-25(19)2/h4-13,23-24H,3,14H2,1-2H3. The Morgan fingerprint density at radius 2 is 1.81 bits per heavy atom. The highest BCUT2D eigenvalue weighted by Crippen LogP contribution is 2.31. The fourth-order valence-corrected chi connectivity index (χ4v) is 4.13. The number of hydrogen-bond acceptors (Lipinski definition) is 6. The Hall–Kier alpha value is -2.77. The van der Waals surface area contributed by atoms with Crippen LogP contribution in [0.3, 0.4) is 0 Å². The minimum absolute atomic E-state index is 0.825. The number of nitrogens with zero attached hydrogens (tertiary/aromatic N) is 4. The monoisotopic (exact) mass is 378 g/mol. The van der Waals surface area contributed by atoms with Crippen molar-refractivity contribution in [3.05, 3.63) is 77.5 Å². The molecule has 0 amide bonds. The topological polar surface area (TPSA) is 57.5 Å². The van der Waals surface area contributed by atoms with Crippen LogP contribution >= 0.6 is 11.8 Å². The average molecular weight is 379 g/mol. The molecule has 27 heavy (non-hydrogen) atoms. The predicted octanol–water partition coefficient (Wildman–Crippen LogP) is 3.34. The minimum atomic E-state index is 0.825. The summed E-state index contributed by atoms with van der Waals surface area (Å²) in [7, 11) is 1.93. The van der Waals surface area contributed by atoms with Gasteiger partial charge in [-0.1, -0.05) is 55.5 Å². The van der Waals surface area contributed by atoms with E-state index in [0.717, 1.165) is 34.3 Å². The maximum Gasteiger partial charge on any atom is 0.177 e. The number of benzene rings is 2. The molecule has 7 heteroatoms. The molecule has 2 N–H and O–H groups in total. The fourth-order valence-electron chi connectivity index (χ4n) is 3.07. The number of hydrazine groups is 2. The molecule has 3 aromatic rings. The summed E-state index contributed by atoms with van der Waals surface area (Å²) in [6.07, 6.45) is 2.85. The number of aryl methyl sites for hydroxylation is 1. The number of hydrogen-bond donors (Lipinski definition) is 2. The van der Waals surface area contributed by atoms with Gasteiger partial charge in [-0.2, -0.15) is 5.10 Å². The minimum Gasteiger partial charge on any atom is -0.274 e. The normalized spacial score (nSPS) is 13.6. The molecule has 0 bridgehead atoms. The number of hydrazone groups is 1. The van der Waals surface area contributed by atoms with Gasteiger partial charge in [-0.15, -0.1) is 22.4 Å². The van der Waals surface area contributed by atoms with E-state index in [1.807, 2.05) is 29.0 Å². The zero-order chi connectivity index (χ0) is 18.6. The largest absolute Gasteiger partial charge is 0.274 e. The first-order valence-corrected chi connectivity index (χ1v) is 9.92. The van der Waals surface area contributed by atoms with Crippen molar-refractivity contribution in [1.29, 1.82) is 0 Å². The van der Waals surface area contributed by atoms with Gasteiger partial charge in [0.05, 0.1) is 17.4 Å². The Morgan fingerprint density at radius 1 is 1.04 bits per heavy atom. The number of amidine groups is 1. The molecule has 0 aliphatic carbocycles. The van der Waals surface area contributed by atoms with Gasteiger partial charge in [-0.3, -0.25) is 5.01 Å². The van der Waals surface area contributed by atoms with E-state index in [-0.39, 0.29) is 0 Å². The van der Waals surface area contributed by atoms with Gasteiger partial charge < -0.3 is 0 Å². The Bertz CT molecular complexity index is 950. The number of rotatable bonds is 6. The highest BCUT2D eigenvalue weighted by Gasteiger charge is 2.23. The summed E-state index contributed by atoms with van der Waals surface area (Å²) in [4.78, 5) is 0. The van der Waals surface area contributed by atoms with Crippen LogP contribution in [0.15, 0.2) is 70.9 Å². The molecule has 2 heterocycles. The summed E-state index contributed by atoms with van der Waals surface area (Å²) in [5.41, 5.74) is 10.5. The summed E-state index contributed by atoms with van der Waals surface area (Å²) in [6, 6.07) is 18.9. The molecule has 1 aliphatic heterocycles.